The number of carbonyl (C=O) groups excluding carboxylic acids is 1. The number of hydrogen-bond acceptors (Lipinski definition) is 2. The van der Waals surface area contributed by atoms with Crippen molar-refractivity contribution in [1.29, 1.82) is 0 Å². The zero-order valence-electron chi connectivity index (χ0n) is 18.4. The zero-order chi connectivity index (χ0) is 20.4. The molecule has 4 heteroatoms. The predicted molar refractivity (Wildman–Crippen MR) is 119 cm³/mol. The Balaban J connectivity index is 1.37. The van der Waals surface area contributed by atoms with Crippen molar-refractivity contribution in [3.63, 3.8) is 0 Å². The minimum Gasteiger partial charge on any atom is -0.336 e. The maximum absolute atomic E-state index is 12.9. The summed E-state index contributed by atoms with van der Waals surface area (Å²) < 4.78 is 0. The summed E-state index contributed by atoms with van der Waals surface area (Å²) in [5.74, 6) is 2.53. The summed E-state index contributed by atoms with van der Waals surface area (Å²) in [7, 11) is 0. The fourth-order valence-electron chi connectivity index (χ4n) is 5.95. The molecule has 1 aromatic carbocycles. The monoisotopic (exact) mass is 395 g/mol. The smallest absolute Gasteiger partial charge is 0.336 e. The number of nitrogens with zero attached hydrogens (tertiary/aromatic N) is 2. The molecule has 4 aliphatic rings. The van der Waals surface area contributed by atoms with Crippen LogP contribution in [0, 0.1) is 23.2 Å². The molecule has 0 spiro atoms. The van der Waals surface area contributed by atoms with Crippen molar-refractivity contribution in [2.45, 2.75) is 71.6 Å². The van der Waals surface area contributed by atoms with Gasteiger partial charge in [-0.2, -0.15) is 5.10 Å². The number of hydrazone groups is 1. The fourth-order valence-corrected chi connectivity index (χ4v) is 5.95. The van der Waals surface area contributed by atoms with Crippen LogP contribution in [0.5, 0.6) is 0 Å². The number of benzene rings is 1. The maximum atomic E-state index is 12.9. The number of fused-ring (bicyclic) bond motifs is 2. The lowest BCUT2D eigenvalue weighted by Crippen LogP contribution is -2.55. The topological polar surface area (TPSA) is 44.7 Å². The van der Waals surface area contributed by atoms with Crippen molar-refractivity contribution in [2.24, 2.45) is 28.3 Å². The fraction of sp³-hybridized carbons (Fsp3) is 0.680. The minimum absolute atomic E-state index is 0.0179. The van der Waals surface area contributed by atoms with Crippen LogP contribution in [-0.2, 0) is 0 Å². The third-order valence-electron chi connectivity index (χ3n) is 8.00. The number of hydrogen-bond donors (Lipinski definition) is 1. The SMILES string of the molecule is CCCCCC1=NN(C(=O)NC[C@H]2CC[C@@H]3C[C@H]2C3(C)C)CC1c1ccccc1. The van der Waals surface area contributed by atoms with E-state index in [9.17, 15) is 4.79 Å². The van der Waals surface area contributed by atoms with Crippen LogP contribution in [0.25, 0.3) is 0 Å². The largest absolute Gasteiger partial charge is 0.337 e. The summed E-state index contributed by atoms with van der Waals surface area (Å²) >= 11 is 0. The molecule has 0 radical (unpaired) electrons. The lowest BCUT2D eigenvalue weighted by atomic mass is 9.45. The highest BCUT2D eigenvalue weighted by Gasteiger charge is 2.54. The van der Waals surface area contributed by atoms with E-state index in [0.717, 1.165) is 31.2 Å². The highest BCUT2D eigenvalue weighted by atomic mass is 16.2. The highest BCUT2D eigenvalue weighted by Crippen LogP contribution is 2.61. The first-order valence-electron chi connectivity index (χ1n) is 11.7. The molecule has 158 valence electrons. The van der Waals surface area contributed by atoms with Crippen LogP contribution in [0.3, 0.4) is 0 Å². The van der Waals surface area contributed by atoms with E-state index in [1.807, 2.05) is 6.07 Å². The lowest BCUT2D eigenvalue weighted by Gasteiger charge is -2.60. The van der Waals surface area contributed by atoms with Crippen LogP contribution in [0.2, 0.25) is 0 Å². The second-order valence-corrected chi connectivity index (χ2v) is 9.98. The van der Waals surface area contributed by atoms with E-state index in [-0.39, 0.29) is 11.9 Å². The van der Waals surface area contributed by atoms with Gasteiger partial charge in [-0.25, -0.2) is 9.80 Å². The number of amides is 2. The molecule has 1 aromatic rings. The third-order valence-corrected chi connectivity index (χ3v) is 8.00. The van der Waals surface area contributed by atoms with Crippen LogP contribution in [0.1, 0.15) is 77.2 Å². The molecule has 4 atom stereocenters. The molecule has 3 fully saturated rings. The van der Waals surface area contributed by atoms with Gasteiger partial charge in [-0.3, -0.25) is 0 Å². The summed E-state index contributed by atoms with van der Waals surface area (Å²) in [6.07, 6.45) is 8.49. The van der Waals surface area contributed by atoms with Crippen LogP contribution in [0.15, 0.2) is 35.4 Å². The van der Waals surface area contributed by atoms with Crippen LogP contribution < -0.4 is 5.32 Å². The Bertz CT molecular complexity index is 740. The van der Waals surface area contributed by atoms with Crippen molar-refractivity contribution in [1.82, 2.24) is 10.3 Å². The molecule has 2 amide bonds. The second-order valence-electron chi connectivity index (χ2n) is 9.98. The molecule has 1 unspecified atom stereocenters. The first kappa shape index (κ1) is 20.4. The van der Waals surface area contributed by atoms with E-state index in [4.69, 9.17) is 5.10 Å². The van der Waals surface area contributed by atoms with Gasteiger partial charge < -0.3 is 5.32 Å². The Morgan fingerprint density at radius 2 is 2.00 bits per heavy atom. The number of carbonyl (C=O) groups is 1. The van der Waals surface area contributed by atoms with E-state index in [2.05, 4.69) is 50.4 Å². The molecular formula is C25H37N3O. The van der Waals surface area contributed by atoms with Gasteiger partial charge in [0.15, 0.2) is 0 Å². The summed E-state index contributed by atoms with van der Waals surface area (Å²) in [6, 6.07) is 10.5. The van der Waals surface area contributed by atoms with Gasteiger partial charge in [0.05, 0.1) is 6.54 Å². The van der Waals surface area contributed by atoms with Crippen LogP contribution in [-0.4, -0.2) is 29.8 Å². The molecule has 0 saturated heterocycles. The van der Waals surface area contributed by atoms with E-state index in [0.29, 0.717) is 17.9 Å². The van der Waals surface area contributed by atoms with Crippen molar-refractivity contribution in [3.05, 3.63) is 35.9 Å². The number of urea groups is 1. The van der Waals surface area contributed by atoms with Gasteiger partial charge >= 0.3 is 6.03 Å². The Morgan fingerprint density at radius 1 is 1.21 bits per heavy atom. The van der Waals surface area contributed by atoms with Crippen molar-refractivity contribution < 1.29 is 4.79 Å². The van der Waals surface area contributed by atoms with Crippen LogP contribution in [0.4, 0.5) is 4.79 Å². The molecule has 1 N–H and O–H groups in total. The molecule has 5 rings (SSSR count). The van der Waals surface area contributed by atoms with Gasteiger partial charge in [0.25, 0.3) is 0 Å². The molecule has 1 heterocycles. The van der Waals surface area contributed by atoms with Crippen molar-refractivity contribution in [2.75, 3.05) is 13.1 Å². The van der Waals surface area contributed by atoms with E-state index in [1.165, 1.54) is 43.4 Å². The van der Waals surface area contributed by atoms with Crippen molar-refractivity contribution in [3.8, 4) is 0 Å². The summed E-state index contributed by atoms with van der Waals surface area (Å²) in [4.78, 5) is 12.9. The molecule has 3 aliphatic carbocycles. The van der Waals surface area contributed by atoms with Gasteiger partial charge in [0, 0.05) is 18.2 Å². The average Bonchev–Trinajstić information content (AvgIpc) is 3.17. The molecule has 29 heavy (non-hydrogen) atoms. The van der Waals surface area contributed by atoms with E-state index in [1.54, 1.807) is 5.01 Å². The second kappa shape index (κ2) is 8.49. The van der Waals surface area contributed by atoms with Crippen molar-refractivity contribution >= 4 is 11.7 Å². The molecular weight excluding hydrogens is 358 g/mol. The predicted octanol–water partition coefficient (Wildman–Crippen LogP) is 5.80. The standard InChI is InChI=1S/C25H37N3O/c1-4-5-7-12-23-21(18-10-8-6-9-11-18)17-28(27-23)24(29)26-16-19-13-14-20-15-22(19)25(20,2)3/h6,8-11,19-22H,4-5,7,12-17H2,1-3H3,(H,26,29)/t19-,20-,21?,22-/m1/s1. The van der Waals surface area contributed by atoms with Gasteiger partial charge in [0.1, 0.15) is 0 Å². The zero-order valence-corrected chi connectivity index (χ0v) is 18.4. The van der Waals surface area contributed by atoms with Gasteiger partial charge in [-0.1, -0.05) is 63.9 Å². The molecule has 0 aromatic heterocycles. The summed E-state index contributed by atoms with van der Waals surface area (Å²) in [6.45, 7) is 8.52. The van der Waals surface area contributed by atoms with Gasteiger partial charge in [-0.15, -0.1) is 0 Å². The van der Waals surface area contributed by atoms with Crippen LogP contribution >= 0.6 is 0 Å². The Morgan fingerprint density at radius 3 is 2.69 bits per heavy atom. The molecule has 4 nitrogen and oxygen atoms in total. The molecule has 3 saturated carbocycles. The summed E-state index contributed by atoms with van der Waals surface area (Å²) in [5.41, 5.74) is 2.90. The summed E-state index contributed by atoms with van der Waals surface area (Å²) in [5, 5.41) is 9.69. The lowest BCUT2D eigenvalue weighted by molar-refractivity contribution is -0.103. The molecule has 1 aliphatic heterocycles. The highest BCUT2D eigenvalue weighted by molar-refractivity contribution is 5.94. The Labute approximate surface area is 176 Å². The Hall–Kier alpha value is -1.84. The Kier molecular flexibility index (Phi) is 5.98. The van der Waals surface area contributed by atoms with Gasteiger partial charge in [0.2, 0.25) is 0 Å². The van der Waals surface area contributed by atoms with E-state index < -0.39 is 0 Å². The quantitative estimate of drug-likeness (QED) is 0.582. The number of nitrogens with one attached hydrogen (secondary N) is 1. The van der Waals surface area contributed by atoms with Gasteiger partial charge in [-0.05, 0) is 60.8 Å². The molecule has 2 bridgehead atoms. The normalized spacial score (nSPS) is 29.9. The first-order chi connectivity index (χ1) is 14.0. The average molecular weight is 396 g/mol. The minimum atomic E-state index is -0.0179. The number of rotatable bonds is 7. The number of unbranched alkanes of at least 4 members (excludes halogenated alkanes) is 2. The first-order valence-corrected chi connectivity index (χ1v) is 11.7. The maximum Gasteiger partial charge on any atom is 0.337 e. The third kappa shape index (κ3) is 4.08. The van der Waals surface area contributed by atoms with E-state index >= 15 is 0 Å².